The van der Waals surface area contributed by atoms with E-state index in [9.17, 15) is 53.3 Å². The lowest BCUT2D eigenvalue weighted by Gasteiger charge is -2.45. The van der Waals surface area contributed by atoms with Crippen LogP contribution in [0.1, 0.15) is 485 Å². The average molecular weight is 1640 g/mol. The second-order valence-electron chi connectivity index (χ2n) is 33.8. The van der Waals surface area contributed by atoms with Crippen LogP contribution in [0.15, 0.2) is 0 Å². The standard InChI is InChI=1S/C93H177N2O18P/c1-7-13-19-25-31-37-40-46-52-58-64-70-86(100)108-80(67-61-55-49-43-34-28-22-16-10-4)73-84(98)94-79(76-96)78-107-93-90(95-85(99)74-81(68-62-56-50-44-35-29-23-17-11-5)109-87(101)71-65-59-53-47-41-38-32-26-20-14-8-2)92(91(83(77-97)111-93)113-114(104,105)106)112-89(103)75-82(69-63-57-51-45-36-30-24-18-12-6)110-88(102)72-66-60-54-48-42-39-33-27-21-15-9-3/h79-83,90-93,96-97H,7-78H2,1-6H3,(H,94,98)(H,95,99)(H2,104,105,106)/t79-,80-,81-,82-,83-,90-,91-,92-,93-/m1/s1. The maximum absolute atomic E-state index is 15.0. The van der Waals surface area contributed by atoms with Gasteiger partial charge in [0.05, 0.1) is 45.1 Å². The number of hydrogen-bond donors (Lipinski definition) is 6. The van der Waals surface area contributed by atoms with Crippen LogP contribution >= 0.6 is 7.82 Å². The Morgan fingerprint density at radius 2 is 0.623 bits per heavy atom. The number of phosphoric ester groups is 1. The third-order valence-electron chi connectivity index (χ3n) is 22.7. The second kappa shape index (κ2) is 78.3. The minimum Gasteiger partial charge on any atom is -0.462 e. The number of unbranched alkanes of at least 4 members (excludes halogenated alkanes) is 54. The molecule has 1 heterocycles. The number of ether oxygens (including phenoxy) is 6. The smallest absolute Gasteiger partial charge is 0.462 e. The molecule has 21 heteroatoms. The van der Waals surface area contributed by atoms with E-state index in [4.69, 9.17) is 32.9 Å². The molecule has 0 unspecified atom stereocenters. The zero-order valence-electron chi connectivity index (χ0n) is 74.1. The van der Waals surface area contributed by atoms with Gasteiger partial charge in [-0.1, -0.05) is 388 Å². The van der Waals surface area contributed by atoms with Gasteiger partial charge in [0.2, 0.25) is 11.8 Å². The molecule has 0 bridgehead atoms. The zero-order valence-corrected chi connectivity index (χ0v) is 75.0. The number of aliphatic hydroxyl groups is 2. The van der Waals surface area contributed by atoms with Crippen LogP contribution in [0.25, 0.3) is 0 Å². The van der Waals surface area contributed by atoms with Crippen molar-refractivity contribution in [3.63, 3.8) is 0 Å². The molecule has 20 nitrogen and oxygen atoms in total. The van der Waals surface area contributed by atoms with Crippen LogP contribution < -0.4 is 10.6 Å². The van der Waals surface area contributed by atoms with E-state index in [0.29, 0.717) is 51.4 Å². The summed E-state index contributed by atoms with van der Waals surface area (Å²) in [6, 6.07) is -2.81. The van der Waals surface area contributed by atoms with Crippen molar-refractivity contribution < 1.29 is 86.3 Å². The van der Waals surface area contributed by atoms with Crippen molar-refractivity contribution in [3.8, 4) is 0 Å². The molecule has 1 fully saturated rings. The molecule has 114 heavy (non-hydrogen) atoms. The van der Waals surface area contributed by atoms with Crippen LogP contribution in [-0.4, -0.2) is 131 Å². The Hall–Kier alpha value is -3.23. The fraction of sp³-hybridized carbons (Fsp3) is 0.935. The van der Waals surface area contributed by atoms with Crippen molar-refractivity contribution in [3.05, 3.63) is 0 Å². The van der Waals surface area contributed by atoms with Gasteiger partial charge in [-0.15, -0.1) is 0 Å². The maximum atomic E-state index is 15.0. The van der Waals surface area contributed by atoms with E-state index in [1.807, 2.05) is 0 Å². The number of carbonyl (C=O) groups excluding carboxylic acids is 6. The largest absolute Gasteiger partial charge is 0.470 e. The summed E-state index contributed by atoms with van der Waals surface area (Å²) in [4.78, 5) is 106. The molecule has 0 spiro atoms. The third-order valence-corrected chi connectivity index (χ3v) is 23.2. The molecule has 0 aliphatic carbocycles. The second-order valence-corrected chi connectivity index (χ2v) is 35.0. The van der Waals surface area contributed by atoms with E-state index in [2.05, 4.69) is 52.2 Å². The summed E-state index contributed by atoms with van der Waals surface area (Å²) in [7, 11) is -5.53. The molecular formula is C93H177N2O18P. The van der Waals surface area contributed by atoms with E-state index in [1.54, 1.807) is 0 Å². The first-order valence-corrected chi connectivity index (χ1v) is 49.6. The van der Waals surface area contributed by atoms with Crippen LogP contribution in [0.3, 0.4) is 0 Å². The minimum atomic E-state index is -5.53. The Morgan fingerprint density at radius 3 is 0.904 bits per heavy atom. The molecule has 672 valence electrons. The highest BCUT2D eigenvalue weighted by Crippen LogP contribution is 2.43. The van der Waals surface area contributed by atoms with Crippen LogP contribution in [0.4, 0.5) is 0 Å². The first-order valence-electron chi connectivity index (χ1n) is 48.1. The highest BCUT2D eigenvalue weighted by atomic mass is 31.2. The molecule has 0 radical (unpaired) electrons. The molecule has 1 aliphatic heterocycles. The van der Waals surface area contributed by atoms with Crippen LogP contribution in [0, 0.1) is 0 Å². The lowest BCUT2D eigenvalue weighted by molar-refractivity contribution is -0.272. The van der Waals surface area contributed by atoms with E-state index in [-0.39, 0.29) is 38.1 Å². The average Bonchev–Trinajstić information content (AvgIpc) is 0.780. The number of phosphoric acid groups is 1. The molecule has 9 atom stereocenters. The van der Waals surface area contributed by atoms with Gasteiger partial charge < -0.3 is 59.1 Å². The van der Waals surface area contributed by atoms with Crippen molar-refractivity contribution in [2.45, 2.75) is 540 Å². The summed E-state index contributed by atoms with van der Waals surface area (Å²) in [5, 5.41) is 27.7. The number of rotatable bonds is 85. The van der Waals surface area contributed by atoms with Crippen LogP contribution in [-0.2, 0) is 66.3 Å². The van der Waals surface area contributed by atoms with Gasteiger partial charge >= 0.3 is 31.7 Å². The Labute approximate surface area is 696 Å². The molecule has 1 saturated heterocycles. The van der Waals surface area contributed by atoms with Gasteiger partial charge in [-0.25, -0.2) is 4.57 Å². The van der Waals surface area contributed by atoms with Gasteiger partial charge in [0, 0.05) is 19.3 Å². The Bertz CT molecular complexity index is 2300. The highest BCUT2D eigenvalue weighted by molar-refractivity contribution is 7.46. The Morgan fingerprint density at radius 1 is 0.351 bits per heavy atom. The first kappa shape index (κ1) is 109. The fourth-order valence-corrected chi connectivity index (χ4v) is 16.2. The monoisotopic (exact) mass is 1640 g/mol. The minimum absolute atomic E-state index is 0.154. The highest BCUT2D eigenvalue weighted by Gasteiger charge is 2.52. The van der Waals surface area contributed by atoms with E-state index in [0.717, 1.165) is 173 Å². The molecule has 2 amide bonds. The van der Waals surface area contributed by atoms with Gasteiger partial charge in [-0.2, -0.15) is 0 Å². The molecule has 6 N–H and O–H groups in total. The maximum Gasteiger partial charge on any atom is 0.470 e. The van der Waals surface area contributed by atoms with Crippen molar-refractivity contribution in [2.75, 3.05) is 19.8 Å². The molecule has 1 aliphatic rings. The Kier molecular flexibility index (Phi) is 74.7. The number of aliphatic hydroxyl groups excluding tert-OH is 2. The van der Waals surface area contributed by atoms with Gasteiger partial charge in [0.25, 0.3) is 0 Å². The number of nitrogens with one attached hydrogen (secondary N) is 2. The molecule has 0 aromatic rings. The van der Waals surface area contributed by atoms with Gasteiger partial charge in [-0.05, 0) is 57.8 Å². The normalized spacial score (nSPS) is 16.8. The van der Waals surface area contributed by atoms with Crippen molar-refractivity contribution >= 4 is 43.5 Å². The van der Waals surface area contributed by atoms with Crippen LogP contribution in [0.2, 0.25) is 0 Å². The number of amides is 2. The molecule has 0 aromatic carbocycles. The molecule has 0 aromatic heterocycles. The van der Waals surface area contributed by atoms with E-state index < -0.39 is 119 Å². The summed E-state index contributed by atoms with van der Waals surface area (Å²) in [5.74, 6) is -3.47. The van der Waals surface area contributed by atoms with Crippen LogP contribution in [0.5, 0.6) is 0 Å². The van der Waals surface area contributed by atoms with Crippen molar-refractivity contribution in [2.24, 2.45) is 0 Å². The van der Waals surface area contributed by atoms with E-state index in [1.165, 1.54) is 180 Å². The van der Waals surface area contributed by atoms with Crippen molar-refractivity contribution in [1.29, 1.82) is 0 Å². The summed E-state index contributed by atoms with van der Waals surface area (Å²) in [6.07, 6.45) is 56.3. The van der Waals surface area contributed by atoms with Gasteiger partial charge in [-0.3, -0.25) is 33.3 Å². The molecular weight excluding hydrogens is 1460 g/mol. The van der Waals surface area contributed by atoms with Gasteiger partial charge in [0.1, 0.15) is 36.6 Å². The number of esters is 4. The predicted octanol–water partition coefficient (Wildman–Crippen LogP) is 23.8. The number of carbonyl (C=O) groups is 6. The van der Waals surface area contributed by atoms with Gasteiger partial charge in [0.15, 0.2) is 12.4 Å². The summed E-state index contributed by atoms with van der Waals surface area (Å²) < 4.78 is 55.8. The third kappa shape index (κ3) is 65.6. The molecule has 0 saturated carbocycles. The lowest BCUT2D eigenvalue weighted by atomic mass is 9.95. The SMILES string of the molecule is CCCCCCCCCCCCCC(=O)O[C@H](CCCCCCCCCCC)CC(=O)N[C@H](CO)CO[C@@H]1O[C@H](CO)[C@@H](OP(=O)(O)O)[C@H](OC(=O)C[C@@H](CCCCCCCCCCC)OC(=O)CCCCCCCCCCCCC)[C@H]1NC(=O)C[C@@H](CCCCCCCCCCC)OC(=O)CCCCCCCCCCCCC. The fourth-order valence-electron chi connectivity index (χ4n) is 15.6. The molecule has 1 rings (SSSR count). The topological polar surface area (TPSA) is 289 Å². The summed E-state index contributed by atoms with van der Waals surface area (Å²) >= 11 is 0. The van der Waals surface area contributed by atoms with Crippen molar-refractivity contribution in [1.82, 2.24) is 10.6 Å². The Balaban J connectivity index is 3.78. The predicted molar refractivity (Wildman–Crippen MR) is 462 cm³/mol. The first-order chi connectivity index (χ1) is 55.5. The lowest BCUT2D eigenvalue weighted by Crippen LogP contribution is -2.66. The zero-order chi connectivity index (χ0) is 83.4. The van der Waals surface area contributed by atoms with E-state index >= 15 is 0 Å². The summed E-state index contributed by atoms with van der Waals surface area (Å²) in [6.45, 7) is 11.1. The summed E-state index contributed by atoms with van der Waals surface area (Å²) in [5.41, 5.74) is 0. The number of hydrogen-bond acceptors (Lipinski definition) is 16. The quantitative estimate of drug-likeness (QED) is 0.0143.